The van der Waals surface area contributed by atoms with Crippen LogP contribution in [0.25, 0.3) is 0 Å². The second kappa shape index (κ2) is 9.23. The minimum Gasteiger partial charge on any atom is -0.492 e. The molecular formula is C21H24N2O5. The third kappa shape index (κ3) is 4.80. The van der Waals surface area contributed by atoms with Gasteiger partial charge in [-0.15, -0.1) is 0 Å². The van der Waals surface area contributed by atoms with Crippen LogP contribution in [-0.4, -0.2) is 49.3 Å². The van der Waals surface area contributed by atoms with Crippen LogP contribution in [0.2, 0.25) is 0 Å². The van der Waals surface area contributed by atoms with Gasteiger partial charge in [-0.1, -0.05) is 24.3 Å². The molecule has 28 heavy (non-hydrogen) atoms. The molecule has 7 heteroatoms. The number of benzene rings is 2. The maximum Gasteiger partial charge on any atom is 0.323 e. The van der Waals surface area contributed by atoms with Crippen LogP contribution < -0.4 is 15.2 Å². The summed E-state index contributed by atoms with van der Waals surface area (Å²) < 4.78 is 16.2. The van der Waals surface area contributed by atoms with Crippen LogP contribution in [0.5, 0.6) is 11.5 Å². The molecule has 2 aromatic rings. The number of nitrogens with zero attached hydrogens (tertiary/aromatic N) is 1. The molecule has 0 radical (unpaired) electrons. The highest BCUT2D eigenvalue weighted by Crippen LogP contribution is 2.24. The number of ether oxygens (including phenoxy) is 3. The van der Waals surface area contributed by atoms with Gasteiger partial charge >= 0.3 is 5.97 Å². The first kappa shape index (κ1) is 19.7. The minimum absolute atomic E-state index is 0.0613. The molecule has 2 aromatic carbocycles. The standard InChI is InChI=1S/C21H24N2O5/c1-2-26-21(25)18(22)13-15-7-9-16(10-8-15)27-12-11-23-14-28-19-6-4-3-5-17(19)20(23)24/h3-10,18H,2,11-14,22H2,1H3. The normalized spacial score (nSPS) is 14.1. The molecule has 1 amide bonds. The predicted molar refractivity (Wildman–Crippen MR) is 103 cm³/mol. The van der Waals surface area contributed by atoms with E-state index in [1.54, 1.807) is 24.0 Å². The van der Waals surface area contributed by atoms with Crippen LogP contribution >= 0.6 is 0 Å². The third-order valence-electron chi connectivity index (χ3n) is 4.38. The number of nitrogens with two attached hydrogens (primary N) is 1. The molecule has 1 aliphatic heterocycles. The predicted octanol–water partition coefficient (Wildman–Crippen LogP) is 1.99. The topological polar surface area (TPSA) is 91.1 Å². The quantitative estimate of drug-likeness (QED) is 0.700. The summed E-state index contributed by atoms with van der Waals surface area (Å²) in [5, 5.41) is 0. The van der Waals surface area contributed by atoms with E-state index in [-0.39, 0.29) is 12.6 Å². The lowest BCUT2D eigenvalue weighted by Gasteiger charge is -2.28. The first-order chi connectivity index (χ1) is 13.6. The molecule has 1 unspecified atom stereocenters. The molecule has 0 aromatic heterocycles. The van der Waals surface area contributed by atoms with E-state index >= 15 is 0 Å². The van der Waals surface area contributed by atoms with Gasteiger partial charge in [0.05, 0.1) is 18.7 Å². The van der Waals surface area contributed by atoms with Gasteiger partial charge in [0.15, 0.2) is 6.73 Å². The van der Waals surface area contributed by atoms with E-state index in [0.717, 1.165) is 5.56 Å². The second-order valence-electron chi connectivity index (χ2n) is 6.39. The Labute approximate surface area is 164 Å². The van der Waals surface area contributed by atoms with Crippen LogP contribution in [0.3, 0.4) is 0 Å². The lowest BCUT2D eigenvalue weighted by Crippen LogP contribution is -2.40. The summed E-state index contributed by atoms with van der Waals surface area (Å²) in [6.07, 6.45) is 0.401. The summed E-state index contributed by atoms with van der Waals surface area (Å²) in [5.74, 6) is 0.826. The number of carbonyl (C=O) groups is 2. The van der Waals surface area contributed by atoms with E-state index < -0.39 is 12.0 Å². The molecule has 1 atom stereocenters. The average molecular weight is 384 g/mol. The molecule has 7 nitrogen and oxygen atoms in total. The van der Waals surface area contributed by atoms with Crippen molar-refractivity contribution >= 4 is 11.9 Å². The van der Waals surface area contributed by atoms with Gasteiger partial charge in [-0.2, -0.15) is 0 Å². The van der Waals surface area contributed by atoms with Crippen LogP contribution in [0.15, 0.2) is 48.5 Å². The summed E-state index contributed by atoms with van der Waals surface area (Å²) in [4.78, 5) is 25.7. The van der Waals surface area contributed by atoms with Crippen molar-refractivity contribution in [2.45, 2.75) is 19.4 Å². The van der Waals surface area contributed by atoms with E-state index in [1.165, 1.54) is 0 Å². The van der Waals surface area contributed by atoms with E-state index in [9.17, 15) is 9.59 Å². The largest absolute Gasteiger partial charge is 0.492 e. The summed E-state index contributed by atoms with van der Waals surface area (Å²) in [6, 6.07) is 13.9. The molecule has 2 N–H and O–H groups in total. The zero-order valence-corrected chi connectivity index (χ0v) is 15.8. The molecule has 0 aliphatic carbocycles. The Bertz CT molecular complexity index is 822. The molecule has 0 bridgehead atoms. The smallest absolute Gasteiger partial charge is 0.323 e. The number of fused-ring (bicyclic) bond motifs is 1. The first-order valence-corrected chi connectivity index (χ1v) is 9.23. The van der Waals surface area contributed by atoms with Gasteiger partial charge in [-0.05, 0) is 43.2 Å². The van der Waals surface area contributed by atoms with Gasteiger partial charge in [0, 0.05) is 0 Å². The third-order valence-corrected chi connectivity index (χ3v) is 4.38. The summed E-state index contributed by atoms with van der Waals surface area (Å²) >= 11 is 0. The van der Waals surface area contributed by atoms with Crippen molar-refractivity contribution in [1.82, 2.24) is 4.90 Å². The molecule has 0 saturated heterocycles. The van der Waals surface area contributed by atoms with Crippen molar-refractivity contribution in [3.8, 4) is 11.5 Å². The summed E-state index contributed by atoms with van der Waals surface area (Å²) in [7, 11) is 0. The summed E-state index contributed by atoms with van der Waals surface area (Å²) in [6.45, 7) is 3.04. The van der Waals surface area contributed by atoms with Crippen LogP contribution in [0, 0.1) is 0 Å². The first-order valence-electron chi connectivity index (χ1n) is 9.23. The monoisotopic (exact) mass is 384 g/mol. The number of hydrogen-bond donors (Lipinski definition) is 1. The Morgan fingerprint density at radius 3 is 2.71 bits per heavy atom. The number of rotatable bonds is 8. The fourth-order valence-corrected chi connectivity index (χ4v) is 2.89. The van der Waals surface area contributed by atoms with Gasteiger partial charge in [0.1, 0.15) is 24.1 Å². The van der Waals surface area contributed by atoms with Gasteiger partial charge in [0.25, 0.3) is 5.91 Å². The molecule has 0 spiro atoms. The highest BCUT2D eigenvalue weighted by molar-refractivity contribution is 5.97. The number of para-hydroxylation sites is 1. The van der Waals surface area contributed by atoms with E-state index in [4.69, 9.17) is 19.9 Å². The molecule has 1 heterocycles. The van der Waals surface area contributed by atoms with E-state index in [1.807, 2.05) is 36.4 Å². The van der Waals surface area contributed by atoms with Crippen LogP contribution in [-0.2, 0) is 16.0 Å². The average Bonchev–Trinajstić information content (AvgIpc) is 2.71. The van der Waals surface area contributed by atoms with Crippen molar-refractivity contribution < 1.29 is 23.8 Å². The van der Waals surface area contributed by atoms with Gasteiger partial charge in [-0.25, -0.2) is 0 Å². The number of carbonyl (C=O) groups excluding carboxylic acids is 2. The van der Waals surface area contributed by atoms with E-state index in [0.29, 0.717) is 43.2 Å². The maximum atomic E-state index is 12.4. The van der Waals surface area contributed by atoms with Crippen LogP contribution in [0.4, 0.5) is 0 Å². The molecule has 3 rings (SSSR count). The lowest BCUT2D eigenvalue weighted by molar-refractivity contribution is -0.144. The highest BCUT2D eigenvalue weighted by atomic mass is 16.5. The van der Waals surface area contributed by atoms with Crippen molar-refractivity contribution in [3.63, 3.8) is 0 Å². The fraction of sp³-hybridized carbons (Fsp3) is 0.333. The number of hydrogen-bond acceptors (Lipinski definition) is 6. The fourth-order valence-electron chi connectivity index (χ4n) is 2.89. The molecular weight excluding hydrogens is 360 g/mol. The second-order valence-corrected chi connectivity index (χ2v) is 6.39. The Kier molecular flexibility index (Phi) is 6.49. The van der Waals surface area contributed by atoms with Crippen LogP contribution in [0.1, 0.15) is 22.8 Å². The Balaban J connectivity index is 1.47. The Morgan fingerprint density at radius 2 is 1.96 bits per heavy atom. The zero-order chi connectivity index (χ0) is 19.9. The van der Waals surface area contributed by atoms with E-state index in [2.05, 4.69) is 0 Å². The van der Waals surface area contributed by atoms with Crippen molar-refractivity contribution in [1.29, 1.82) is 0 Å². The maximum absolute atomic E-state index is 12.4. The number of amides is 1. The molecule has 1 aliphatic rings. The summed E-state index contributed by atoms with van der Waals surface area (Å²) in [5.41, 5.74) is 7.31. The molecule has 0 fully saturated rings. The van der Waals surface area contributed by atoms with Gasteiger partial charge < -0.3 is 24.8 Å². The highest BCUT2D eigenvalue weighted by Gasteiger charge is 2.24. The van der Waals surface area contributed by atoms with Crippen molar-refractivity contribution in [2.75, 3.05) is 26.5 Å². The van der Waals surface area contributed by atoms with Gasteiger partial charge in [0.2, 0.25) is 0 Å². The SMILES string of the molecule is CCOC(=O)C(N)Cc1ccc(OCCN2COc3ccccc3C2=O)cc1. The Morgan fingerprint density at radius 1 is 1.21 bits per heavy atom. The molecule has 148 valence electrons. The zero-order valence-electron chi connectivity index (χ0n) is 15.8. The van der Waals surface area contributed by atoms with Crippen molar-refractivity contribution in [2.24, 2.45) is 5.73 Å². The van der Waals surface area contributed by atoms with Crippen molar-refractivity contribution in [3.05, 3.63) is 59.7 Å². The Hall–Kier alpha value is -3.06. The lowest BCUT2D eigenvalue weighted by atomic mass is 10.1. The number of esters is 1. The molecule has 0 saturated carbocycles. The minimum atomic E-state index is -0.681. The van der Waals surface area contributed by atoms with Gasteiger partial charge in [-0.3, -0.25) is 9.59 Å².